The molecule has 0 saturated carbocycles. The number of rotatable bonds is 5. The van der Waals surface area contributed by atoms with Gasteiger partial charge >= 0.3 is 12.0 Å². The number of nitrogens with two attached hydrogens (primary N) is 1. The van der Waals surface area contributed by atoms with Gasteiger partial charge in [-0.2, -0.15) is 5.10 Å². The number of amides is 2. The molecule has 0 unspecified atom stereocenters. The number of anilines is 3. The van der Waals surface area contributed by atoms with E-state index >= 15 is 0 Å². The Kier molecular flexibility index (Phi) is 5.85. The van der Waals surface area contributed by atoms with Crippen LogP contribution >= 0.6 is 0 Å². The van der Waals surface area contributed by atoms with Gasteiger partial charge in [-0.25, -0.2) is 28.5 Å². The van der Waals surface area contributed by atoms with Crippen LogP contribution in [0.25, 0.3) is 16.6 Å². The number of aromatic nitrogens is 4. The van der Waals surface area contributed by atoms with Gasteiger partial charge in [-0.15, -0.1) is 0 Å². The number of nitrogens with one attached hydrogen (secondary N) is 2. The summed E-state index contributed by atoms with van der Waals surface area (Å²) in [5.41, 5.74) is 8.02. The topological polar surface area (TPSA) is 137 Å². The van der Waals surface area contributed by atoms with E-state index in [9.17, 15) is 14.0 Å². The molecular formula is C22H20FN7O3. The van der Waals surface area contributed by atoms with E-state index in [1.54, 1.807) is 31.3 Å². The largest absolute Gasteiger partial charge is 0.462 e. The van der Waals surface area contributed by atoms with E-state index in [1.807, 2.05) is 6.92 Å². The number of urea groups is 1. The minimum atomic E-state index is -0.718. The number of hydrogen-bond donors (Lipinski definition) is 3. The van der Waals surface area contributed by atoms with Crippen molar-refractivity contribution in [3.05, 3.63) is 66.0 Å². The smallest absolute Gasteiger partial charge is 0.340 e. The fourth-order valence-corrected chi connectivity index (χ4v) is 3.34. The van der Waals surface area contributed by atoms with Crippen molar-refractivity contribution in [2.45, 2.75) is 13.8 Å². The van der Waals surface area contributed by atoms with Gasteiger partial charge in [0, 0.05) is 18.0 Å². The molecule has 168 valence electrons. The molecule has 0 aliphatic rings. The van der Waals surface area contributed by atoms with Crippen molar-refractivity contribution in [1.29, 1.82) is 0 Å². The minimum absolute atomic E-state index is 0.0608. The maximum atomic E-state index is 14.9. The van der Waals surface area contributed by atoms with Gasteiger partial charge in [-0.1, -0.05) is 6.07 Å². The number of pyridine rings is 1. The highest BCUT2D eigenvalue weighted by Crippen LogP contribution is 2.34. The molecule has 3 heterocycles. The lowest BCUT2D eigenvalue weighted by Crippen LogP contribution is -2.20. The quantitative estimate of drug-likeness (QED) is 0.396. The first-order valence-corrected chi connectivity index (χ1v) is 9.97. The van der Waals surface area contributed by atoms with E-state index in [0.29, 0.717) is 22.5 Å². The highest BCUT2D eigenvalue weighted by Gasteiger charge is 2.23. The number of nitrogen functional groups attached to an aromatic ring is 1. The van der Waals surface area contributed by atoms with Crippen LogP contribution in [0.1, 0.15) is 22.8 Å². The van der Waals surface area contributed by atoms with E-state index in [1.165, 1.54) is 29.2 Å². The van der Waals surface area contributed by atoms with Crippen molar-refractivity contribution in [3.63, 3.8) is 0 Å². The Labute approximate surface area is 187 Å². The van der Waals surface area contributed by atoms with E-state index in [-0.39, 0.29) is 23.7 Å². The number of aryl methyl sites for hydroxylation is 1. The molecule has 0 spiro atoms. The average Bonchev–Trinajstić information content (AvgIpc) is 3.16. The van der Waals surface area contributed by atoms with Crippen molar-refractivity contribution in [1.82, 2.24) is 19.6 Å². The van der Waals surface area contributed by atoms with Gasteiger partial charge in [0.25, 0.3) is 0 Å². The molecule has 33 heavy (non-hydrogen) atoms. The number of fused-ring (bicyclic) bond motifs is 1. The lowest BCUT2D eigenvalue weighted by Gasteiger charge is -2.11. The van der Waals surface area contributed by atoms with Crippen LogP contribution < -0.4 is 16.4 Å². The molecule has 4 N–H and O–H groups in total. The predicted molar refractivity (Wildman–Crippen MR) is 120 cm³/mol. The van der Waals surface area contributed by atoms with Gasteiger partial charge in [0.05, 0.1) is 17.9 Å². The van der Waals surface area contributed by atoms with Crippen LogP contribution in [0.4, 0.5) is 26.5 Å². The fraction of sp³-hybridized carbons (Fsp3) is 0.136. The molecule has 2 amide bonds. The van der Waals surface area contributed by atoms with Crippen LogP contribution in [-0.4, -0.2) is 38.2 Å². The number of hydrogen-bond acceptors (Lipinski definition) is 7. The Bertz CT molecular complexity index is 1370. The van der Waals surface area contributed by atoms with Crippen LogP contribution in [0.15, 0.2) is 49.1 Å². The van der Waals surface area contributed by atoms with Crippen LogP contribution in [0.3, 0.4) is 0 Å². The second kappa shape index (κ2) is 8.91. The third kappa shape index (κ3) is 4.42. The van der Waals surface area contributed by atoms with Gasteiger partial charge in [0.15, 0.2) is 5.82 Å². The molecule has 4 rings (SSSR count). The predicted octanol–water partition coefficient (Wildman–Crippen LogP) is 3.64. The number of ether oxygens (including phenoxy) is 1. The summed E-state index contributed by atoms with van der Waals surface area (Å²) in [6.45, 7) is 3.70. The highest BCUT2D eigenvalue weighted by atomic mass is 19.1. The fourth-order valence-electron chi connectivity index (χ4n) is 3.34. The second-order valence-electron chi connectivity index (χ2n) is 7.07. The maximum absolute atomic E-state index is 14.9. The molecule has 0 bridgehead atoms. The zero-order valence-corrected chi connectivity index (χ0v) is 17.8. The Morgan fingerprint density at radius 1 is 1.18 bits per heavy atom. The minimum Gasteiger partial charge on any atom is -0.462 e. The summed E-state index contributed by atoms with van der Waals surface area (Å²) >= 11 is 0. The van der Waals surface area contributed by atoms with Gasteiger partial charge in [0.2, 0.25) is 0 Å². The lowest BCUT2D eigenvalue weighted by atomic mass is 10.0. The molecule has 0 aliphatic carbocycles. The molecule has 0 radical (unpaired) electrons. The van der Waals surface area contributed by atoms with E-state index < -0.39 is 17.8 Å². The highest BCUT2D eigenvalue weighted by molar-refractivity contribution is 6.05. The number of nitrogens with zero attached hydrogens (tertiary/aromatic N) is 4. The standard InChI is InChI=1S/C22H20FN7O3/c1-3-33-21(31)14-10-30-19(20(24)26-11-27-30)18(14)13-4-5-16(15(23)9-13)28-22(32)29-17-8-12(2)6-7-25-17/h4-11H,3H2,1-2H3,(H2,24,26,27)(H2,25,28,29,32). The van der Waals surface area contributed by atoms with Gasteiger partial charge < -0.3 is 15.8 Å². The summed E-state index contributed by atoms with van der Waals surface area (Å²) in [5, 5.41) is 9.06. The first-order valence-electron chi connectivity index (χ1n) is 9.97. The number of halogens is 1. The van der Waals surface area contributed by atoms with Crippen LogP contribution in [0, 0.1) is 12.7 Å². The van der Waals surface area contributed by atoms with Gasteiger partial charge in [-0.3, -0.25) is 5.32 Å². The number of esters is 1. The van der Waals surface area contributed by atoms with Gasteiger partial charge in [-0.05, 0) is 49.2 Å². The summed E-state index contributed by atoms with van der Waals surface area (Å²) in [4.78, 5) is 32.8. The Hall–Kier alpha value is -4.54. The molecule has 0 fully saturated rings. The van der Waals surface area contributed by atoms with Crippen LogP contribution in [0.2, 0.25) is 0 Å². The van der Waals surface area contributed by atoms with Crippen LogP contribution in [-0.2, 0) is 4.74 Å². The SMILES string of the molecule is CCOC(=O)c1cn2ncnc(N)c2c1-c1ccc(NC(=O)Nc2cc(C)ccn2)c(F)c1. The molecule has 11 heteroatoms. The maximum Gasteiger partial charge on any atom is 0.340 e. The Morgan fingerprint density at radius 3 is 2.73 bits per heavy atom. The first-order chi connectivity index (χ1) is 15.9. The summed E-state index contributed by atoms with van der Waals surface area (Å²) in [6, 6.07) is 6.93. The molecule has 0 atom stereocenters. The molecule has 3 aromatic heterocycles. The third-order valence-corrected chi connectivity index (χ3v) is 4.76. The Morgan fingerprint density at radius 2 is 2.00 bits per heavy atom. The summed E-state index contributed by atoms with van der Waals surface area (Å²) < 4.78 is 21.5. The number of carbonyl (C=O) groups is 2. The average molecular weight is 449 g/mol. The van der Waals surface area contributed by atoms with Crippen LogP contribution in [0.5, 0.6) is 0 Å². The van der Waals surface area contributed by atoms with E-state index in [2.05, 4.69) is 25.7 Å². The molecule has 0 aliphatic heterocycles. The molecule has 1 aromatic carbocycles. The van der Waals surface area contributed by atoms with E-state index in [4.69, 9.17) is 10.5 Å². The first kappa shape index (κ1) is 21.7. The third-order valence-electron chi connectivity index (χ3n) is 4.76. The van der Waals surface area contributed by atoms with E-state index in [0.717, 1.165) is 5.56 Å². The summed E-state index contributed by atoms with van der Waals surface area (Å²) in [7, 11) is 0. The molecule has 4 aromatic rings. The monoisotopic (exact) mass is 449 g/mol. The molecule has 10 nitrogen and oxygen atoms in total. The number of benzene rings is 1. The van der Waals surface area contributed by atoms with Crippen molar-refractivity contribution in [2.75, 3.05) is 23.0 Å². The molecule has 0 saturated heterocycles. The zero-order chi connectivity index (χ0) is 23.5. The molecular weight excluding hydrogens is 429 g/mol. The summed E-state index contributed by atoms with van der Waals surface area (Å²) in [5.74, 6) is -0.878. The van der Waals surface area contributed by atoms with Crippen molar-refractivity contribution in [3.8, 4) is 11.1 Å². The van der Waals surface area contributed by atoms with Crippen molar-refractivity contribution in [2.24, 2.45) is 0 Å². The second-order valence-corrected chi connectivity index (χ2v) is 7.07. The zero-order valence-electron chi connectivity index (χ0n) is 17.8. The van der Waals surface area contributed by atoms with Crippen molar-refractivity contribution >= 4 is 34.8 Å². The lowest BCUT2D eigenvalue weighted by molar-refractivity contribution is 0.0527. The number of carbonyl (C=O) groups excluding carboxylic acids is 2. The normalized spacial score (nSPS) is 10.8. The Balaban J connectivity index is 1.67. The summed E-state index contributed by atoms with van der Waals surface area (Å²) in [6.07, 6.45) is 4.25. The van der Waals surface area contributed by atoms with Crippen molar-refractivity contribution < 1.29 is 18.7 Å². The van der Waals surface area contributed by atoms with Gasteiger partial charge in [0.1, 0.15) is 23.5 Å².